The predicted octanol–water partition coefficient (Wildman–Crippen LogP) is 5.68. The number of benzene rings is 1. The highest BCUT2D eigenvalue weighted by atomic mass is 32.1. The quantitative estimate of drug-likeness (QED) is 0.488. The second-order valence-corrected chi connectivity index (χ2v) is 9.27. The zero-order valence-electron chi connectivity index (χ0n) is 16.5. The molecule has 5 heteroatoms. The van der Waals surface area contributed by atoms with E-state index in [0.29, 0.717) is 5.92 Å². The molecule has 1 aromatic carbocycles. The summed E-state index contributed by atoms with van der Waals surface area (Å²) in [5, 5.41) is 3.71. The van der Waals surface area contributed by atoms with E-state index in [1.807, 2.05) is 17.9 Å². The molecule has 1 aliphatic heterocycles. The molecule has 1 aliphatic rings. The maximum atomic E-state index is 4.70. The van der Waals surface area contributed by atoms with E-state index in [0.717, 1.165) is 11.6 Å². The fraction of sp³-hybridized carbons (Fsp3) is 0.391. The molecule has 0 spiro atoms. The van der Waals surface area contributed by atoms with E-state index in [1.54, 1.807) is 11.3 Å². The van der Waals surface area contributed by atoms with Gasteiger partial charge in [-0.2, -0.15) is 0 Å². The largest absolute Gasteiger partial charge is 0.343 e. The Morgan fingerprint density at radius 1 is 1.14 bits per heavy atom. The van der Waals surface area contributed by atoms with Gasteiger partial charge in [-0.1, -0.05) is 26.0 Å². The van der Waals surface area contributed by atoms with Gasteiger partial charge in [-0.15, -0.1) is 11.3 Å². The molecule has 0 unspecified atom stereocenters. The number of hydrogen-bond donors (Lipinski definition) is 1. The molecule has 1 fully saturated rings. The number of rotatable bonds is 4. The van der Waals surface area contributed by atoms with Crippen molar-refractivity contribution in [3.8, 4) is 10.4 Å². The van der Waals surface area contributed by atoms with Gasteiger partial charge < -0.3 is 9.88 Å². The van der Waals surface area contributed by atoms with Crippen LogP contribution in [-0.2, 0) is 0 Å². The molecule has 4 nitrogen and oxygen atoms in total. The minimum atomic E-state index is 0.609. The molecule has 144 valence electrons. The first-order valence-electron chi connectivity index (χ1n) is 10.2. The lowest BCUT2D eigenvalue weighted by Gasteiger charge is -2.32. The standard InChI is InChI=1S/C23H26N4S/c1-15(2)13-27-7-5-16(6-8-27)21-10-20-19-9-17(22-12-24-14-28-22)3-4-18(19)11-25-23(20)26-21/h3-4,9-12,14-16H,5-8,13H2,1-2H3,(H,25,26). The Labute approximate surface area is 169 Å². The van der Waals surface area contributed by atoms with Gasteiger partial charge in [-0.25, -0.2) is 4.98 Å². The van der Waals surface area contributed by atoms with Gasteiger partial charge in [0.05, 0.1) is 10.4 Å². The number of hydrogen-bond acceptors (Lipinski definition) is 4. The maximum absolute atomic E-state index is 4.70. The van der Waals surface area contributed by atoms with Crippen molar-refractivity contribution in [1.29, 1.82) is 0 Å². The van der Waals surface area contributed by atoms with Crippen LogP contribution >= 0.6 is 11.3 Å². The van der Waals surface area contributed by atoms with Gasteiger partial charge in [0.1, 0.15) is 5.65 Å². The lowest BCUT2D eigenvalue weighted by molar-refractivity contribution is 0.191. The van der Waals surface area contributed by atoms with Gasteiger partial charge in [0.25, 0.3) is 0 Å². The van der Waals surface area contributed by atoms with Gasteiger partial charge in [-0.3, -0.25) is 4.98 Å². The van der Waals surface area contributed by atoms with Crippen LogP contribution in [0.4, 0.5) is 0 Å². The van der Waals surface area contributed by atoms with E-state index in [-0.39, 0.29) is 0 Å². The van der Waals surface area contributed by atoms with Crippen LogP contribution in [0.3, 0.4) is 0 Å². The molecule has 0 saturated carbocycles. The van der Waals surface area contributed by atoms with Crippen molar-refractivity contribution in [2.45, 2.75) is 32.6 Å². The Bertz CT molecular complexity index is 1090. The van der Waals surface area contributed by atoms with Gasteiger partial charge in [0, 0.05) is 41.3 Å². The summed E-state index contributed by atoms with van der Waals surface area (Å²) in [6, 6.07) is 8.98. The van der Waals surface area contributed by atoms with Crippen LogP contribution in [0.5, 0.6) is 0 Å². The van der Waals surface area contributed by atoms with Gasteiger partial charge in [-0.05, 0) is 54.9 Å². The third kappa shape index (κ3) is 3.33. The van der Waals surface area contributed by atoms with E-state index >= 15 is 0 Å². The number of likely N-dealkylation sites (tertiary alicyclic amines) is 1. The Morgan fingerprint density at radius 2 is 2.00 bits per heavy atom. The first kappa shape index (κ1) is 17.8. The number of aromatic nitrogens is 3. The number of fused-ring (bicyclic) bond motifs is 3. The Balaban J connectivity index is 1.47. The highest BCUT2D eigenvalue weighted by Crippen LogP contribution is 2.34. The molecule has 1 saturated heterocycles. The van der Waals surface area contributed by atoms with Crippen LogP contribution in [-0.4, -0.2) is 39.5 Å². The van der Waals surface area contributed by atoms with Crippen molar-refractivity contribution < 1.29 is 0 Å². The third-order valence-electron chi connectivity index (χ3n) is 5.86. The summed E-state index contributed by atoms with van der Waals surface area (Å²) in [6.45, 7) is 8.22. The van der Waals surface area contributed by atoms with Gasteiger partial charge >= 0.3 is 0 Å². The van der Waals surface area contributed by atoms with Crippen LogP contribution in [0.15, 0.2) is 42.2 Å². The summed E-state index contributed by atoms with van der Waals surface area (Å²) in [5.74, 6) is 1.35. The summed E-state index contributed by atoms with van der Waals surface area (Å²) in [5.41, 5.74) is 5.48. The minimum Gasteiger partial charge on any atom is -0.343 e. The van der Waals surface area contributed by atoms with E-state index in [4.69, 9.17) is 4.98 Å². The van der Waals surface area contributed by atoms with Crippen molar-refractivity contribution in [3.05, 3.63) is 47.9 Å². The molecule has 3 aromatic heterocycles. The first-order chi connectivity index (χ1) is 13.7. The highest BCUT2D eigenvalue weighted by molar-refractivity contribution is 7.13. The number of thiazole rings is 1. The molecular formula is C23H26N4S. The maximum Gasteiger partial charge on any atom is 0.138 e. The Kier molecular flexibility index (Phi) is 4.65. The van der Waals surface area contributed by atoms with Crippen LogP contribution in [0.2, 0.25) is 0 Å². The van der Waals surface area contributed by atoms with E-state index in [9.17, 15) is 0 Å². The normalized spacial score (nSPS) is 16.5. The van der Waals surface area contributed by atoms with Crippen molar-refractivity contribution in [2.75, 3.05) is 19.6 Å². The minimum absolute atomic E-state index is 0.609. The summed E-state index contributed by atoms with van der Waals surface area (Å²) in [4.78, 5) is 16.4. The van der Waals surface area contributed by atoms with Crippen molar-refractivity contribution in [1.82, 2.24) is 19.9 Å². The fourth-order valence-corrected chi connectivity index (χ4v) is 5.10. The van der Waals surface area contributed by atoms with E-state index in [2.05, 4.69) is 53.0 Å². The number of aromatic amines is 1. The second kappa shape index (κ2) is 7.30. The van der Waals surface area contributed by atoms with Crippen LogP contribution in [0.1, 0.15) is 38.3 Å². The van der Waals surface area contributed by atoms with Gasteiger partial charge in [0.2, 0.25) is 0 Å². The molecule has 0 radical (unpaired) electrons. The van der Waals surface area contributed by atoms with Crippen LogP contribution in [0.25, 0.3) is 32.2 Å². The molecule has 0 bridgehead atoms. The summed E-state index contributed by atoms with van der Waals surface area (Å²) >= 11 is 1.68. The van der Waals surface area contributed by atoms with Crippen LogP contribution < -0.4 is 0 Å². The topological polar surface area (TPSA) is 44.8 Å². The van der Waals surface area contributed by atoms with Crippen molar-refractivity contribution in [3.63, 3.8) is 0 Å². The number of H-pyrrole nitrogens is 1. The highest BCUT2D eigenvalue weighted by Gasteiger charge is 2.23. The SMILES string of the molecule is CC(C)CN1CCC(c2cc3c(ncc4ccc(-c5cncs5)cc43)[nH]2)CC1. The average Bonchev–Trinajstić information content (AvgIpc) is 3.38. The average molecular weight is 391 g/mol. The molecule has 0 aliphatic carbocycles. The Morgan fingerprint density at radius 3 is 2.75 bits per heavy atom. The molecular weight excluding hydrogens is 364 g/mol. The molecule has 5 rings (SSSR count). The molecule has 28 heavy (non-hydrogen) atoms. The molecule has 4 heterocycles. The zero-order chi connectivity index (χ0) is 19.1. The Hall–Kier alpha value is -2.24. The zero-order valence-corrected chi connectivity index (χ0v) is 17.3. The monoisotopic (exact) mass is 390 g/mol. The first-order valence-corrected chi connectivity index (χ1v) is 11.1. The second-order valence-electron chi connectivity index (χ2n) is 8.38. The van der Waals surface area contributed by atoms with Crippen molar-refractivity contribution in [2.24, 2.45) is 5.92 Å². The lowest BCUT2D eigenvalue weighted by Crippen LogP contribution is -2.35. The molecule has 4 aromatic rings. The smallest absolute Gasteiger partial charge is 0.138 e. The predicted molar refractivity (Wildman–Crippen MR) is 118 cm³/mol. The third-order valence-corrected chi connectivity index (χ3v) is 6.68. The fourth-order valence-electron chi connectivity index (χ4n) is 4.48. The number of nitrogens with zero attached hydrogens (tertiary/aromatic N) is 3. The van der Waals surface area contributed by atoms with Crippen molar-refractivity contribution >= 4 is 33.1 Å². The van der Waals surface area contributed by atoms with Crippen LogP contribution in [0, 0.1) is 5.92 Å². The summed E-state index contributed by atoms with van der Waals surface area (Å²) < 4.78 is 0. The van der Waals surface area contributed by atoms with E-state index < -0.39 is 0 Å². The van der Waals surface area contributed by atoms with E-state index in [1.165, 1.54) is 64.8 Å². The number of pyridine rings is 1. The molecule has 0 atom stereocenters. The molecule has 1 N–H and O–H groups in total. The lowest BCUT2D eigenvalue weighted by atomic mass is 9.93. The van der Waals surface area contributed by atoms with Gasteiger partial charge in [0.15, 0.2) is 0 Å². The number of nitrogens with one attached hydrogen (secondary N) is 1. The molecule has 0 amide bonds. The number of piperidine rings is 1. The summed E-state index contributed by atoms with van der Waals surface area (Å²) in [6.07, 6.45) is 6.38. The summed E-state index contributed by atoms with van der Waals surface area (Å²) in [7, 11) is 0.